The molecule has 0 heterocycles. The molecule has 0 atom stereocenters. The highest BCUT2D eigenvalue weighted by molar-refractivity contribution is 7.85. The van der Waals surface area contributed by atoms with Gasteiger partial charge in [0.2, 0.25) is 0 Å². The largest absolute Gasteiger partial charge is 0.294 e. The monoisotopic (exact) mass is 368 g/mol. The molecule has 0 amide bonds. The average Bonchev–Trinajstić information content (AvgIpc) is 2.56. The van der Waals surface area contributed by atoms with Gasteiger partial charge < -0.3 is 0 Å². The molecule has 4 heteroatoms. The smallest absolute Gasteiger partial charge is 0.282 e. The summed E-state index contributed by atoms with van der Waals surface area (Å²) in [5, 5.41) is 0. The zero-order chi connectivity index (χ0) is 18.5. The fourth-order valence-corrected chi connectivity index (χ4v) is 4.21. The van der Waals surface area contributed by atoms with Crippen molar-refractivity contribution >= 4 is 10.1 Å². The second-order valence-electron chi connectivity index (χ2n) is 7.17. The van der Waals surface area contributed by atoms with E-state index in [4.69, 9.17) is 0 Å². The summed E-state index contributed by atoms with van der Waals surface area (Å²) < 4.78 is 32.3. The average molecular weight is 369 g/mol. The maximum Gasteiger partial charge on any atom is 0.294 e. The van der Waals surface area contributed by atoms with Gasteiger partial charge in [0.05, 0.1) is 4.90 Å². The summed E-state index contributed by atoms with van der Waals surface area (Å²) >= 11 is 0. The van der Waals surface area contributed by atoms with E-state index < -0.39 is 10.1 Å². The highest BCUT2D eigenvalue weighted by atomic mass is 32.2. The molecule has 0 saturated carbocycles. The SMILES string of the molecule is CCCCCCCCCCCCCCc1c(C)cccc1S(=O)(=O)O. The third kappa shape index (κ3) is 9.41. The standard InChI is InChI=1S/C21H36O3S/c1-3-4-5-6-7-8-9-10-11-12-13-14-17-20-19(2)16-15-18-21(20)25(22,23)24/h15-16,18H,3-14,17H2,1-2H3,(H,22,23,24). The molecule has 25 heavy (non-hydrogen) atoms. The first-order valence-corrected chi connectivity index (χ1v) is 11.5. The van der Waals surface area contributed by atoms with Gasteiger partial charge in [-0.25, -0.2) is 0 Å². The molecule has 1 aromatic rings. The summed E-state index contributed by atoms with van der Waals surface area (Å²) in [7, 11) is -4.12. The van der Waals surface area contributed by atoms with Gasteiger partial charge >= 0.3 is 0 Å². The zero-order valence-corrected chi connectivity index (χ0v) is 16.9. The summed E-state index contributed by atoms with van der Waals surface area (Å²) in [6.07, 6.45) is 16.2. The lowest BCUT2D eigenvalue weighted by atomic mass is 10.0. The minimum absolute atomic E-state index is 0.0792. The summed E-state index contributed by atoms with van der Waals surface area (Å²) in [6, 6.07) is 5.09. The van der Waals surface area contributed by atoms with Crippen LogP contribution in [0.4, 0.5) is 0 Å². The lowest BCUT2D eigenvalue weighted by molar-refractivity contribution is 0.481. The van der Waals surface area contributed by atoms with Crippen molar-refractivity contribution in [1.29, 1.82) is 0 Å². The van der Waals surface area contributed by atoms with Crippen molar-refractivity contribution in [3.8, 4) is 0 Å². The minimum Gasteiger partial charge on any atom is -0.282 e. The molecule has 1 N–H and O–H groups in total. The molecule has 0 aliphatic rings. The quantitative estimate of drug-likeness (QED) is 0.302. The molecule has 0 spiro atoms. The van der Waals surface area contributed by atoms with Crippen LogP contribution < -0.4 is 0 Å². The fraction of sp³-hybridized carbons (Fsp3) is 0.714. The first-order chi connectivity index (χ1) is 12.0. The molecular formula is C21H36O3S. The van der Waals surface area contributed by atoms with E-state index in [0.717, 1.165) is 30.4 Å². The Morgan fingerprint density at radius 3 is 1.76 bits per heavy atom. The van der Waals surface area contributed by atoms with Crippen molar-refractivity contribution in [3.05, 3.63) is 29.3 Å². The van der Waals surface area contributed by atoms with Gasteiger partial charge in [0.25, 0.3) is 10.1 Å². The first kappa shape index (κ1) is 22.2. The van der Waals surface area contributed by atoms with Gasteiger partial charge in [0, 0.05) is 0 Å². The molecule has 0 radical (unpaired) electrons. The normalized spacial score (nSPS) is 11.8. The molecule has 0 aliphatic carbocycles. The Labute approximate surface area is 155 Å². The Balaban J connectivity index is 2.15. The predicted octanol–water partition coefficient (Wildman–Crippen LogP) is 6.49. The van der Waals surface area contributed by atoms with E-state index in [1.54, 1.807) is 6.07 Å². The van der Waals surface area contributed by atoms with Crippen molar-refractivity contribution < 1.29 is 13.0 Å². The number of aryl methyl sites for hydroxylation is 1. The van der Waals surface area contributed by atoms with Crippen molar-refractivity contribution in [2.75, 3.05) is 0 Å². The van der Waals surface area contributed by atoms with Crippen molar-refractivity contribution in [1.82, 2.24) is 0 Å². The number of benzene rings is 1. The lowest BCUT2D eigenvalue weighted by Gasteiger charge is -2.10. The maximum atomic E-state index is 11.5. The topological polar surface area (TPSA) is 54.4 Å². The van der Waals surface area contributed by atoms with Crippen LogP contribution in [0.1, 0.15) is 95.1 Å². The molecule has 0 unspecified atom stereocenters. The molecule has 0 fully saturated rings. The highest BCUT2D eigenvalue weighted by Gasteiger charge is 2.16. The van der Waals surface area contributed by atoms with Gasteiger partial charge in [-0.15, -0.1) is 0 Å². The minimum atomic E-state index is -4.12. The summed E-state index contributed by atoms with van der Waals surface area (Å²) in [5.74, 6) is 0. The molecule has 144 valence electrons. The van der Waals surface area contributed by atoms with Crippen LogP contribution in [0.15, 0.2) is 23.1 Å². The molecule has 0 bridgehead atoms. The second-order valence-corrected chi connectivity index (χ2v) is 8.56. The van der Waals surface area contributed by atoms with Gasteiger partial charge in [-0.05, 0) is 37.0 Å². The molecule has 0 aliphatic heterocycles. The molecule has 3 nitrogen and oxygen atoms in total. The van der Waals surface area contributed by atoms with Gasteiger partial charge in [-0.1, -0.05) is 89.7 Å². The van der Waals surface area contributed by atoms with E-state index in [2.05, 4.69) is 6.92 Å². The molecule has 1 rings (SSSR count). The van der Waals surface area contributed by atoms with Crippen LogP contribution in [0, 0.1) is 6.92 Å². The highest BCUT2D eigenvalue weighted by Crippen LogP contribution is 2.22. The Hall–Kier alpha value is -0.870. The van der Waals surface area contributed by atoms with Gasteiger partial charge in [0.15, 0.2) is 0 Å². The van der Waals surface area contributed by atoms with E-state index in [1.165, 1.54) is 70.3 Å². The zero-order valence-electron chi connectivity index (χ0n) is 16.1. The predicted molar refractivity (Wildman–Crippen MR) is 106 cm³/mol. The van der Waals surface area contributed by atoms with Crippen LogP contribution in [-0.2, 0) is 16.5 Å². The van der Waals surface area contributed by atoms with Crippen molar-refractivity contribution in [2.24, 2.45) is 0 Å². The fourth-order valence-electron chi connectivity index (χ4n) is 3.38. The van der Waals surface area contributed by atoms with Crippen LogP contribution in [0.25, 0.3) is 0 Å². The molecule has 0 saturated heterocycles. The van der Waals surface area contributed by atoms with E-state index in [9.17, 15) is 13.0 Å². The molecule has 1 aromatic carbocycles. The van der Waals surface area contributed by atoms with Crippen LogP contribution in [0.2, 0.25) is 0 Å². The Bertz CT molecular complexity index is 579. The van der Waals surface area contributed by atoms with Crippen molar-refractivity contribution in [2.45, 2.75) is 102 Å². The Morgan fingerprint density at radius 1 is 0.800 bits per heavy atom. The number of unbranched alkanes of at least 4 members (excludes halogenated alkanes) is 11. The lowest BCUT2D eigenvalue weighted by Crippen LogP contribution is -2.05. The summed E-state index contributed by atoms with van der Waals surface area (Å²) in [4.78, 5) is 0.0792. The Kier molecular flexibility index (Phi) is 11.1. The van der Waals surface area contributed by atoms with Gasteiger partial charge in [-0.2, -0.15) is 8.42 Å². The third-order valence-corrected chi connectivity index (χ3v) is 5.86. The van der Waals surface area contributed by atoms with Crippen LogP contribution in [0.3, 0.4) is 0 Å². The van der Waals surface area contributed by atoms with Crippen molar-refractivity contribution in [3.63, 3.8) is 0 Å². The number of rotatable bonds is 14. The maximum absolute atomic E-state index is 11.5. The first-order valence-electron chi connectivity index (χ1n) is 10.0. The molecular weight excluding hydrogens is 332 g/mol. The van der Waals surface area contributed by atoms with Crippen LogP contribution >= 0.6 is 0 Å². The van der Waals surface area contributed by atoms with Crippen LogP contribution in [-0.4, -0.2) is 13.0 Å². The van der Waals surface area contributed by atoms with E-state index in [0.29, 0.717) is 0 Å². The number of hydrogen-bond donors (Lipinski definition) is 1. The second kappa shape index (κ2) is 12.5. The summed E-state index contributed by atoms with van der Waals surface area (Å²) in [6.45, 7) is 4.16. The molecule has 0 aromatic heterocycles. The van der Waals surface area contributed by atoms with Crippen LogP contribution in [0.5, 0.6) is 0 Å². The summed E-state index contributed by atoms with van der Waals surface area (Å²) in [5.41, 5.74) is 1.72. The third-order valence-electron chi connectivity index (χ3n) is 4.93. The Morgan fingerprint density at radius 2 is 1.28 bits per heavy atom. The van der Waals surface area contributed by atoms with Gasteiger partial charge in [0.1, 0.15) is 0 Å². The number of hydrogen-bond acceptors (Lipinski definition) is 2. The van der Waals surface area contributed by atoms with E-state index in [-0.39, 0.29) is 4.90 Å². The van der Waals surface area contributed by atoms with E-state index in [1.807, 2.05) is 13.0 Å². The van der Waals surface area contributed by atoms with E-state index >= 15 is 0 Å². The van der Waals surface area contributed by atoms with Gasteiger partial charge in [-0.3, -0.25) is 4.55 Å².